The summed E-state index contributed by atoms with van der Waals surface area (Å²) in [5.41, 5.74) is 1.26. The Labute approximate surface area is 123 Å². The van der Waals surface area contributed by atoms with E-state index >= 15 is 0 Å². The van der Waals surface area contributed by atoms with Crippen LogP contribution in [-0.2, 0) is 13.5 Å². The first kappa shape index (κ1) is 15.0. The van der Waals surface area contributed by atoms with Gasteiger partial charge in [0.15, 0.2) is 5.69 Å². The van der Waals surface area contributed by atoms with Crippen LogP contribution in [-0.4, -0.2) is 39.0 Å². The number of nitrogens with zero attached hydrogens (tertiary/aromatic N) is 4. The molecule has 0 saturated carbocycles. The second kappa shape index (κ2) is 7.37. The molecule has 7 heteroatoms. The minimum atomic E-state index is -0.222. The fourth-order valence-corrected chi connectivity index (χ4v) is 1.79. The number of amides is 1. The lowest BCUT2D eigenvalue weighted by Gasteiger charge is -2.05. The van der Waals surface area contributed by atoms with Crippen molar-refractivity contribution in [3.05, 3.63) is 35.8 Å². The van der Waals surface area contributed by atoms with Gasteiger partial charge in [-0.15, -0.1) is 10.2 Å². The molecule has 2 heterocycles. The molecule has 21 heavy (non-hydrogen) atoms. The van der Waals surface area contributed by atoms with Crippen molar-refractivity contribution in [3.8, 4) is 0 Å². The van der Waals surface area contributed by atoms with Crippen LogP contribution in [0.25, 0.3) is 0 Å². The predicted octanol–water partition coefficient (Wildman–Crippen LogP) is 1.00. The molecule has 0 spiro atoms. The van der Waals surface area contributed by atoms with E-state index < -0.39 is 0 Å². The molecule has 0 atom stereocenters. The molecule has 2 rings (SSSR count). The summed E-state index contributed by atoms with van der Waals surface area (Å²) in [5, 5.41) is 18.1. The van der Waals surface area contributed by atoms with Gasteiger partial charge in [0.2, 0.25) is 0 Å². The van der Waals surface area contributed by atoms with Crippen LogP contribution >= 0.6 is 0 Å². The zero-order valence-corrected chi connectivity index (χ0v) is 12.3. The monoisotopic (exact) mass is 288 g/mol. The van der Waals surface area contributed by atoms with Gasteiger partial charge in [-0.2, -0.15) is 5.10 Å². The Balaban J connectivity index is 1.79. The highest BCUT2D eigenvalue weighted by atomic mass is 16.1. The Morgan fingerprint density at radius 1 is 1.24 bits per heavy atom. The fraction of sp³-hybridized carbons (Fsp3) is 0.429. The maximum atomic E-state index is 11.9. The molecule has 0 aliphatic carbocycles. The number of aromatic nitrogens is 4. The molecule has 0 aromatic carbocycles. The standard InChI is InChI=1S/C14H20N6O/c1-3-8-15-13-5-4-12(17-18-13)14(21)16-9-6-11-7-10-20(2)19-11/h4-5,7,10H,3,6,8-9H2,1-2H3,(H,15,18)(H,16,21). The summed E-state index contributed by atoms with van der Waals surface area (Å²) < 4.78 is 1.74. The van der Waals surface area contributed by atoms with E-state index in [0.29, 0.717) is 24.5 Å². The van der Waals surface area contributed by atoms with Gasteiger partial charge in [-0.1, -0.05) is 6.92 Å². The van der Waals surface area contributed by atoms with Crippen LogP contribution in [0.5, 0.6) is 0 Å². The molecule has 1 amide bonds. The van der Waals surface area contributed by atoms with Crippen LogP contribution in [0, 0.1) is 0 Å². The molecule has 2 aromatic heterocycles. The lowest BCUT2D eigenvalue weighted by atomic mass is 10.3. The molecule has 0 radical (unpaired) electrons. The lowest BCUT2D eigenvalue weighted by molar-refractivity contribution is 0.0948. The first-order chi connectivity index (χ1) is 10.2. The second-order valence-electron chi connectivity index (χ2n) is 4.72. The van der Waals surface area contributed by atoms with E-state index in [4.69, 9.17) is 0 Å². The van der Waals surface area contributed by atoms with Crippen LogP contribution in [0.3, 0.4) is 0 Å². The van der Waals surface area contributed by atoms with Gasteiger partial charge in [0.25, 0.3) is 5.91 Å². The SMILES string of the molecule is CCCNc1ccc(C(=O)NCCc2ccn(C)n2)nn1. The maximum absolute atomic E-state index is 11.9. The van der Waals surface area contributed by atoms with Crippen LogP contribution < -0.4 is 10.6 Å². The topological polar surface area (TPSA) is 84.7 Å². The number of hydrogen-bond donors (Lipinski definition) is 2. The minimum Gasteiger partial charge on any atom is -0.369 e. The van der Waals surface area contributed by atoms with E-state index in [1.165, 1.54) is 0 Å². The smallest absolute Gasteiger partial charge is 0.271 e. The van der Waals surface area contributed by atoms with Crippen molar-refractivity contribution >= 4 is 11.7 Å². The van der Waals surface area contributed by atoms with Crippen LogP contribution in [0.15, 0.2) is 24.4 Å². The van der Waals surface area contributed by atoms with Crippen LogP contribution in [0.1, 0.15) is 29.5 Å². The highest BCUT2D eigenvalue weighted by molar-refractivity contribution is 5.92. The third kappa shape index (κ3) is 4.55. The minimum absolute atomic E-state index is 0.222. The predicted molar refractivity (Wildman–Crippen MR) is 80.1 cm³/mol. The number of carbonyl (C=O) groups excluding carboxylic acids is 1. The molecular weight excluding hydrogens is 268 g/mol. The number of aryl methyl sites for hydroxylation is 1. The molecule has 0 aliphatic heterocycles. The van der Waals surface area contributed by atoms with Gasteiger partial charge in [-0.3, -0.25) is 9.48 Å². The van der Waals surface area contributed by atoms with Crippen molar-refractivity contribution in [2.45, 2.75) is 19.8 Å². The Morgan fingerprint density at radius 2 is 2.10 bits per heavy atom. The van der Waals surface area contributed by atoms with E-state index in [2.05, 4.69) is 32.9 Å². The summed E-state index contributed by atoms with van der Waals surface area (Å²) in [7, 11) is 1.87. The highest BCUT2D eigenvalue weighted by Gasteiger charge is 2.08. The quantitative estimate of drug-likeness (QED) is 0.794. The third-order valence-corrected chi connectivity index (χ3v) is 2.89. The molecule has 0 saturated heterocycles. The summed E-state index contributed by atoms with van der Waals surface area (Å²) in [6.07, 6.45) is 3.58. The van der Waals surface area contributed by atoms with Crippen molar-refractivity contribution in [2.24, 2.45) is 7.05 Å². The number of nitrogens with one attached hydrogen (secondary N) is 2. The number of anilines is 1. The lowest BCUT2D eigenvalue weighted by Crippen LogP contribution is -2.27. The summed E-state index contributed by atoms with van der Waals surface area (Å²) >= 11 is 0. The molecule has 112 valence electrons. The van der Waals surface area contributed by atoms with Crippen LogP contribution in [0.2, 0.25) is 0 Å². The van der Waals surface area contributed by atoms with Gasteiger partial charge < -0.3 is 10.6 Å². The number of hydrogen-bond acceptors (Lipinski definition) is 5. The first-order valence-electron chi connectivity index (χ1n) is 7.03. The molecular formula is C14H20N6O. The van der Waals surface area contributed by atoms with Crippen molar-refractivity contribution in [1.29, 1.82) is 0 Å². The average Bonchev–Trinajstić information content (AvgIpc) is 2.91. The van der Waals surface area contributed by atoms with Gasteiger partial charge in [0.1, 0.15) is 5.82 Å². The Hall–Kier alpha value is -2.44. The van der Waals surface area contributed by atoms with Gasteiger partial charge in [-0.05, 0) is 24.6 Å². The van der Waals surface area contributed by atoms with Crippen molar-refractivity contribution < 1.29 is 4.79 Å². The van der Waals surface area contributed by atoms with E-state index in [1.807, 2.05) is 19.3 Å². The van der Waals surface area contributed by atoms with Crippen molar-refractivity contribution in [2.75, 3.05) is 18.4 Å². The zero-order valence-electron chi connectivity index (χ0n) is 12.3. The molecule has 0 unspecified atom stereocenters. The highest BCUT2D eigenvalue weighted by Crippen LogP contribution is 2.02. The molecule has 7 nitrogen and oxygen atoms in total. The molecule has 0 aliphatic rings. The maximum Gasteiger partial charge on any atom is 0.271 e. The second-order valence-corrected chi connectivity index (χ2v) is 4.72. The largest absolute Gasteiger partial charge is 0.369 e. The normalized spacial score (nSPS) is 10.4. The van der Waals surface area contributed by atoms with E-state index in [1.54, 1.807) is 16.8 Å². The first-order valence-corrected chi connectivity index (χ1v) is 7.03. The van der Waals surface area contributed by atoms with Crippen molar-refractivity contribution in [1.82, 2.24) is 25.3 Å². The molecule has 0 fully saturated rings. The summed E-state index contributed by atoms with van der Waals surface area (Å²) in [6.45, 7) is 3.43. The number of rotatable bonds is 7. The Kier molecular flexibility index (Phi) is 5.25. The van der Waals surface area contributed by atoms with E-state index in [-0.39, 0.29) is 5.91 Å². The van der Waals surface area contributed by atoms with Gasteiger partial charge in [-0.25, -0.2) is 0 Å². The van der Waals surface area contributed by atoms with Crippen molar-refractivity contribution in [3.63, 3.8) is 0 Å². The zero-order chi connectivity index (χ0) is 15.1. The average molecular weight is 288 g/mol. The number of carbonyl (C=O) groups is 1. The molecule has 0 bridgehead atoms. The van der Waals surface area contributed by atoms with Gasteiger partial charge in [0, 0.05) is 32.8 Å². The Bertz CT molecular complexity index is 577. The van der Waals surface area contributed by atoms with E-state index in [9.17, 15) is 4.79 Å². The summed E-state index contributed by atoms with van der Waals surface area (Å²) in [4.78, 5) is 11.9. The molecule has 2 aromatic rings. The fourth-order valence-electron chi connectivity index (χ4n) is 1.79. The summed E-state index contributed by atoms with van der Waals surface area (Å²) in [5.74, 6) is 0.461. The van der Waals surface area contributed by atoms with Gasteiger partial charge >= 0.3 is 0 Å². The van der Waals surface area contributed by atoms with Crippen LogP contribution in [0.4, 0.5) is 5.82 Å². The van der Waals surface area contributed by atoms with E-state index in [0.717, 1.165) is 18.7 Å². The molecule has 2 N–H and O–H groups in total. The third-order valence-electron chi connectivity index (χ3n) is 2.89. The Morgan fingerprint density at radius 3 is 2.71 bits per heavy atom. The van der Waals surface area contributed by atoms with Gasteiger partial charge in [0.05, 0.1) is 5.69 Å². The summed E-state index contributed by atoms with van der Waals surface area (Å²) in [6, 6.07) is 5.36.